The van der Waals surface area contributed by atoms with E-state index in [0.29, 0.717) is 23.3 Å². The predicted molar refractivity (Wildman–Crippen MR) is 231 cm³/mol. The van der Waals surface area contributed by atoms with Gasteiger partial charge in [-0.05, 0) is 171 Å². The third kappa shape index (κ3) is 7.40. The number of aliphatic hydroxyl groups excluding tert-OH is 2. The Labute approximate surface area is 338 Å². The standard InChI is InChI=1S/C52H72O4/c1-33-29-41(13-17-45(33)53)51(42-14-18-46(54)34(2)30-42)25-21-39(22-26-51)49(5,6)37-9-11-38(12-10-37)50(7,8)40-23-27-52(28-24-40,43-15-19-47(55)35(3)31-43)44-16-20-48(56)36(4)32-44/h13-20,29-33,35,37-40,45,47,53-56H,9-12,21-28H2,1-8H3/t33?,35?,37?,38?,39?,40?,45-,47-,51?,52?/m1/s1. The zero-order chi connectivity index (χ0) is 40.2. The summed E-state index contributed by atoms with van der Waals surface area (Å²) in [6.07, 6.45) is 26.7. The predicted octanol–water partition coefficient (Wildman–Crippen LogP) is 12.1. The highest BCUT2D eigenvalue weighted by Gasteiger charge is 2.50. The van der Waals surface area contributed by atoms with Crippen molar-refractivity contribution in [2.75, 3.05) is 0 Å². The first-order valence-electron chi connectivity index (χ1n) is 22.3. The summed E-state index contributed by atoms with van der Waals surface area (Å²) in [5.74, 6) is 3.77. The van der Waals surface area contributed by atoms with E-state index in [9.17, 15) is 20.4 Å². The lowest BCUT2D eigenvalue weighted by atomic mass is 9.52. The van der Waals surface area contributed by atoms with Crippen LogP contribution in [0.3, 0.4) is 0 Å². The van der Waals surface area contributed by atoms with Crippen molar-refractivity contribution in [3.63, 3.8) is 0 Å². The van der Waals surface area contributed by atoms with Gasteiger partial charge in [0.2, 0.25) is 0 Å². The summed E-state index contributed by atoms with van der Waals surface area (Å²) in [6.45, 7) is 18.6. The Morgan fingerprint density at radius 3 is 1.14 bits per heavy atom. The summed E-state index contributed by atoms with van der Waals surface area (Å²) in [7, 11) is 0. The van der Waals surface area contributed by atoms with Crippen molar-refractivity contribution in [1.82, 2.24) is 0 Å². The molecule has 4 nitrogen and oxygen atoms in total. The Morgan fingerprint density at radius 2 is 0.839 bits per heavy atom. The van der Waals surface area contributed by atoms with Crippen LogP contribution in [-0.2, 0) is 10.8 Å². The summed E-state index contributed by atoms with van der Waals surface area (Å²) in [6, 6.07) is 12.5. The highest BCUT2D eigenvalue weighted by molar-refractivity contribution is 5.49. The van der Waals surface area contributed by atoms with Crippen LogP contribution in [0.5, 0.6) is 11.5 Å². The van der Waals surface area contributed by atoms with Crippen molar-refractivity contribution < 1.29 is 20.4 Å². The van der Waals surface area contributed by atoms with E-state index >= 15 is 0 Å². The first kappa shape index (κ1) is 41.1. The third-order valence-corrected chi connectivity index (χ3v) is 17.1. The van der Waals surface area contributed by atoms with Crippen molar-refractivity contribution in [1.29, 1.82) is 0 Å². The van der Waals surface area contributed by atoms with E-state index in [1.807, 2.05) is 38.1 Å². The lowest BCUT2D eigenvalue weighted by Gasteiger charge is -2.53. The molecule has 304 valence electrons. The normalized spacial score (nSPS) is 35.5. The van der Waals surface area contributed by atoms with E-state index in [1.54, 1.807) is 0 Å². The van der Waals surface area contributed by atoms with E-state index in [2.05, 4.69) is 90.1 Å². The molecular formula is C52H72O4. The number of aromatic hydroxyl groups is 2. The maximum absolute atomic E-state index is 10.5. The van der Waals surface area contributed by atoms with E-state index < -0.39 is 12.2 Å². The number of benzene rings is 2. The highest BCUT2D eigenvalue weighted by Crippen LogP contribution is 2.59. The second-order valence-electron chi connectivity index (χ2n) is 20.6. The molecular weight excluding hydrogens is 689 g/mol. The zero-order valence-electron chi connectivity index (χ0n) is 35.8. The molecule has 3 saturated carbocycles. The second kappa shape index (κ2) is 15.6. The fourth-order valence-corrected chi connectivity index (χ4v) is 12.6. The number of aliphatic hydroxyl groups is 2. The average molecular weight is 761 g/mol. The first-order chi connectivity index (χ1) is 26.5. The Kier molecular flexibility index (Phi) is 11.4. The molecule has 0 spiro atoms. The molecule has 2 unspecified atom stereocenters. The molecule has 3 fully saturated rings. The van der Waals surface area contributed by atoms with Gasteiger partial charge in [-0.1, -0.05) is 102 Å². The number of hydrogen-bond acceptors (Lipinski definition) is 4. The monoisotopic (exact) mass is 761 g/mol. The maximum atomic E-state index is 10.5. The van der Waals surface area contributed by atoms with Gasteiger partial charge >= 0.3 is 0 Å². The molecule has 0 radical (unpaired) electrons. The molecule has 5 aliphatic carbocycles. The summed E-state index contributed by atoms with van der Waals surface area (Å²) < 4.78 is 0. The van der Waals surface area contributed by atoms with Gasteiger partial charge in [0.1, 0.15) is 11.5 Å². The summed E-state index contributed by atoms with van der Waals surface area (Å²) in [5, 5.41) is 41.9. The summed E-state index contributed by atoms with van der Waals surface area (Å²) in [5.41, 5.74) is 7.58. The van der Waals surface area contributed by atoms with Crippen LogP contribution >= 0.6 is 0 Å². The maximum Gasteiger partial charge on any atom is 0.118 e. The number of hydrogen-bond donors (Lipinski definition) is 4. The molecule has 56 heavy (non-hydrogen) atoms. The van der Waals surface area contributed by atoms with Gasteiger partial charge in [-0.25, -0.2) is 0 Å². The van der Waals surface area contributed by atoms with E-state index in [1.165, 1.54) is 73.6 Å². The first-order valence-corrected chi connectivity index (χ1v) is 22.3. The molecule has 2 aromatic carbocycles. The van der Waals surface area contributed by atoms with Gasteiger partial charge in [-0.15, -0.1) is 0 Å². The van der Waals surface area contributed by atoms with Gasteiger partial charge in [-0.2, -0.15) is 0 Å². The number of allylic oxidation sites excluding steroid dienone is 4. The third-order valence-electron chi connectivity index (χ3n) is 17.1. The van der Waals surface area contributed by atoms with Crippen LogP contribution in [0, 0.1) is 60.2 Å². The number of aryl methyl sites for hydroxylation is 2. The van der Waals surface area contributed by atoms with Crippen LogP contribution < -0.4 is 0 Å². The van der Waals surface area contributed by atoms with Crippen molar-refractivity contribution in [2.24, 2.45) is 46.3 Å². The van der Waals surface area contributed by atoms with E-state index in [4.69, 9.17) is 0 Å². The van der Waals surface area contributed by atoms with Crippen LogP contribution in [0.4, 0.5) is 0 Å². The van der Waals surface area contributed by atoms with E-state index in [0.717, 1.165) is 48.6 Å². The molecule has 0 amide bonds. The van der Waals surface area contributed by atoms with E-state index in [-0.39, 0.29) is 33.5 Å². The molecule has 4 heteroatoms. The van der Waals surface area contributed by atoms with Gasteiger partial charge in [0, 0.05) is 22.7 Å². The molecule has 0 aromatic heterocycles. The fraction of sp³-hybridized carbons (Fsp3) is 0.615. The molecule has 5 aliphatic rings. The molecule has 0 heterocycles. The lowest BCUT2D eigenvalue weighted by molar-refractivity contribution is -0.00435. The van der Waals surface area contributed by atoms with Crippen LogP contribution in [0.25, 0.3) is 0 Å². The minimum absolute atomic E-state index is 0.0837. The molecule has 2 aromatic rings. The molecule has 4 N–H and O–H groups in total. The fourth-order valence-electron chi connectivity index (χ4n) is 12.6. The average Bonchev–Trinajstić information content (AvgIpc) is 3.19. The zero-order valence-corrected chi connectivity index (χ0v) is 35.8. The van der Waals surface area contributed by atoms with Crippen molar-refractivity contribution in [3.8, 4) is 11.5 Å². The highest BCUT2D eigenvalue weighted by atomic mass is 16.3. The van der Waals surface area contributed by atoms with Gasteiger partial charge in [-0.3, -0.25) is 0 Å². The van der Waals surface area contributed by atoms with Crippen LogP contribution in [0.2, 0.25) is 0 Å². The number of phenolic OH excluding ortho intramolecular Hbond substituents is 2. The smallest absolute Gasteiger partial charge is 0.118 e. The topological polar surface area (TPSA) is 80.9 Å². The molecule has 0 saturated heterocycles. The molecule has 0 aliphatic heterocycles. The summed E-state index contributed by atoms with van der Waals surface area (Å²) >= 11 is 0. The van der Waals surface area contributed by atoms with Gasteiger partial charge < -0.3 is 20.4 Å². The van der Waals surface area contributed by atoms with Crippen molar-refractivity contribution in [3.05, 3.63) is 106 Å². The number of phenols is 2. The van der Waals surface area contributed by atoms with Gasteiger partial charge in [0.25, 0.3) is 0 Å². The number of rotatable bonds is 8. The Bertz CT molecular complexity index is 1710. The molecule has 4 atom stereocenters. The largest absolute Gasteiger partial charge is 0.508 e. The van der Waals surface area contributed by atoms with Crippen LogP contribution in [-0.4, -0.2) is 32.6 Å². The Hall–Kier alpha value is -3.08. The molecule has 0 bridgehead atoms. The Balaban J connectivity index is 1.02. The van der Waals surface area contributed by atoms with Gasteiger partial charge in [0.15, 0.2) is 0 Å². The SMILES string of the molecule is Cc1cc(C2(C3=CC(C)[C@H](O)C=C3)CCC(C(C)(C)C3CCC(C(C)(C)C4CCC(C5=CC(C)[C@H](O)C=C5)(c5ccc(O)c(C)c5)CC4)CC3)CC2)ccc1O. The second-order valence-corrected chi connectivity index (χ2v) is 20.6. The van der Waals surface area contributed by atoms with Crippen LogP contribution in [0.15, 0.2) is 84.0 Å². The molecule has 7 rings (SSSR count). The minimum Gasteiger partial charge on any atom is -0.508 e. The van der Waals surface area contributed by atoms with Crippen LogP contribution in [0.1, 0.15) is 141 Å². The summed E-state index contributed by atoms with van der Waals surface area (Å²) in [4.78, 5) is 0. The Morgan fingerprint density at radius 1 is 0.518 bits per heavy atom. The van der Waals surface area contributed by atoms with Crippen molar-refractivity contribution >= 4 is 0 Å². The lowest BCUT2D eigenvalue weighted by Crippen LogP contribution is -2.44. The van der Waals surface area contributed by atoms with Gasteiger partial charge in [0.05, 0.1) is 12.2 Å². The minimum atomic E-state index is -0.425. The quantitative estimate of drug-likeness (QED) is 0.216. The van der Waals surface area contributed by atoms with Crippen molar-refractivity contribution in [2.45, 2.75) is 155 Å².